The zero-order valence-electron chi connectivity index (χ0n) is 15.1. The van der Waals surface area contributed by atoms with Gasteiger partial charge in [-0.15, -0.1) is 0 Å². The van der Waals surface area contributed by atoms with Crippen LogP contribution < -0.4 is 10.1 Å². The number of nitrogens with one attached hydrogen (secondary N) is 1. The minimum atomic E-state index is -1.04. The fourth-order valence-electron chi connectivity index (χ4n) is 2.31. The van der Waals surface area contributed by atoms with Gasteiger partial charge in [0.2, 0.25) is 5.82 Å². The van der Waals surface area contributed by atoms with Crippen LogP contribution in [0.5, 0.6) is 5.75 Å². The summed E-state index contributed by atoms with van der Waals surface area (Å²) in [6.07, 6.45) is 0. The van der Waals surface area contributed by atoms with Crippen LogP contribution >= 0.6 is 0 Å². The molecular weight excluding hydrogens is 388 g/mol. The van der Waals surface area contributed by atoms with E-state index >= 15 is 0 Å². The molecule has 0 fully saturated rings. The first-order chi connectivity index (χ1) is 14.0. The van der Waals surface area contributed by atoms with E-state index in [9.17, 15) is 18.4 Å². The number of amides is 1. The fourth-order valence-corrected chi connectivity index (χ4v) is 2.31. The van der Waals surface area contributed by atoms with Crippen LogP contribution in [0.1, 0.15) is 16.2 Å². The fraction of sp³-hybridized carbons (Fsp3) is 0.158. The third kappa shape index (κ3) is 5.12. The molecular formula is C19H15F2N3O5. The summed E-state index contributed by atoms with van der Waals surface area (Å²) < 4.78 is 41.5. The lowest BCUT2D eigenvalue weighted by Gasteiger charge is -2.06. The minimum absolute atomic E-state index is 0.0482. The van der Waals surface area contributed by atoms with Gasteiger partial charge in [0.1, 0.15) is 23.9 Å². The average Bonchev–Trinajstić information content (AvgIpc) is 3.19. The largest absolute Gasteiger partial charge is 0.497 e. The van der Waals surface area contributed by atoms with E-state index in [0.717, 1.165) is 12.1 Å². The van der Waals surface area contributed by atoms with Gasteiger partial charge in [-0.25, -0.2) is 8.78 Å². The van der Waals surface area contributed by atoms with Gasteiger partial charge < -0.3 is 19.3 Å². The molecule has 2 aromatic carbocycles. The Labute approximate surface area is 163 Å². The van der Waals surface area contributed by atoms with Crippen molar-refractivity contribution in [2.45, 2.75) is 6.61 Å². The number of nitrogens with zero attached hydrogens (tertiary/aromatic N) is 2. The standard InChI is InChI=1S/C19H15F2N3O5/c1-27-13-4-2-3-11(7-13)18-23-16(29-24-18)10-28-17(25)9-22-19(26)14-6-5-12(20)8-15(14)21/h2-8H,9-10H2,1H3,(H,22,26). The second-order valence-corrected chi connectivity index (χ2v) is 5.71. The second-order valence-electron chi connectivity index (χ2n) is 5.71. The quantitative estimate of drug-likeness (QED) is 0.605. The summed E-state index contributed by atoms with van der Waals surface area (Å²) in [7, 11) is 1.53. The maximum absolute atomic E-state index is 13.5. The van der Waals surface area contributed by atoms with Crippen molar-refractivity contribution < 1.29 is 32.4 Å². The van der Waals surface area contributed by atoms with E-state index in [2.05, 4.69) is 15.5 Å². The highest BCUT2D eigenvalue weighted by Crippen LogP contribution is 2.21. The molecule has 0 unspecified atom stereocenters. The molecule has 0 saturated heterocycles. The molecule has 10 heteroatoms. The maximum atomic E-state index is 13.5. The van der Waals surface area contributed by atoms with Crippen molar-refractivity contribution in [2.75, 3.05) is 13.7 Å². The van der Waals surface area contributed by atoms with Crippen molar-refractivity contribution in [1.82, 2.24) is 15.5 Å². The van der Waals surface area contributed by atoms with Gasteiger partial charge in [-0.1, -0.05) is 17.3 Å². The van der Waals surface area contributed by atoms with Crippen LogP contribution in [0.4, 0.5) is 8.78 Å². The minimum Gasteiger partial charge on any atom is -0.497 e. The molecule has 0 aliphatic rings. The van der Waals surface area contributed by atoms with E-state index in [1.165, 1.54) is 7.11 Å². The van der Waals surface area contributed by atoms with Crippen molar-refractivity contribution >= 4 is 11.9 Å². The summed E-state index contributed by atoms with van der Waals surface area (Å²) in [5.41, 5.74) is 0.262. The number of aromatic nitrogens is 2. The third-order valence-electron chi connectivity index (χ3n) is 3.72. The number of hydrogen-bond donors (Lipinski definition) is 1. The summed E-state index contributed by atoms with van der Waals surface area (Å²) in [6.45, 7) is -0.830. The number of esters is 1. The molecule has 29 heavy (non-hydrogen) atoms. The Morgan fingerprint density at radius 3 is 2.76 bits per heavy atom. The Kier molecular flexibility index (Phi) is 6.12. The molecule has 3 rings (SSSR count). The van der Waals surface area contributed by atoms with E-state index < -0.39 is 30.1 Å². The highest BCUT2D eigenvalue weighted by molar-refractivity contribution is 5.96. The van der Waals surface area contributed by atoms with Gasteiger partial charge in [0.15, 0.2) is 6.61 Å². The van der Waals surface area contributed by atoms with Gasteiger partial charge in [-0.2, -0.15) is 4.98 Å². The van der Waals surface area contributed by atoms with Crippen molar-refractivity contribution in [3.63, 3.8) is 0 Å². The van der Waals surface area contributed by atoms with Crippen LogP contribution in [0.2, 0.25) is 0 Å². The maximum Gasteiger partial charge on any atom is 0.325 e. The monoisotopic (exact) mass is 403 g/mol. The Morgan fingerprint density at radius 1 is 1.17 bits per heavy atom. The van der Waals surface area contributed by atoms with E-state index in [0.29, 0.717) is 17.4 Å². The van der Waals surface area contributed by atoms with Gasteiger partial charge in [-0.05, 0) is 24.3 Å². The van der Waals surface area contributed by atoms with Crippen LogP contribution in [-0.4, -0.2) is 35.7 Å². The molecule has 3 aromatic rings. The number of halogens is 2. The molecule has 1 aromatic heterocycles. The first kappa shape index (κ1) is 19.9. The SMILES string of the molecule is COc1cccc(-c2noc(COC(=O)CNC(=O)c3ccc(F)cc3F)n2)c1. The molecule has 1 N–H and O–H groups in total. The Morgan fingerprint density at radius 2 is 2.00 bits per heavy atom. The lowest BCUT2D eigenvalue weighted by molar-refractivity contribution is -0.144. The summed E-state index contributed by atoms with van der Waals surface area (Å²) in [6, 6.07) is 9.48. The Balaban J connectivity index is 1.51. The van der Waals surface area contributed by atoms with Gasteiger partial charge in [-0.3, -0.25) is 9.59 Å². The zero-order chi connectivity index (χ0) is 20.8. The third-order valence-corrected chi connectivity index (χ3v) is 3.72. The Hall–Kier alpha value is -3.82. The van der Waals surface area contributed by atoms with Crippen LogP contribution in [0.3, 0.4) is 0 Å². The number of ether oxygens (including phenoxy) is 2. The number of methoxy groups -OCH3 is 1. The Bertz CT molecular complexity index is 1040. The molecule has 0 bridgehead atoms. The predicted molar refractivity (Wildman–Crippen MR) is 94.8 cm³/mol. The van der Waals surface area contributed by atoms with E-state index in [1.54, 1.807) is 24.3 Å². The summed E-state index contributed by atoms with van der Waals surface area (Å²) in [4.78, 5) is 27.7. The average molecular weight is 403 g/mol. The number of rotatable bonds is 7. The van der Waals surface area contributed by atoms with Gasteiger partial charge in [0.05, 0.1) is 12.7 Å². The van der Waals surface area contributed by atoms with Crippen molar-refractivity contribution in [3.05, 3.63) is 65.6 Å². The summed E-state index contributed by atoms with van der Waals surface area (Å²) in [5.74, 6) is -2.58. The normalized spacial score (nSPS) is 10.4. The molecule has 0 spiro atoms. The molecule has 0 aliphatic heterocycles. The predicted octanol–water partition coefficient (Wildman–Crippen LogP) is 2.50. The summed E-state index contributed by atoms with van der Waals surface area (Å²) >= 11 is 0. The molecule has 1 amide bonds. The smallest absolute Gasteiger partial charge is 0.325 e. The van der Waals surface area contributed by atoms with E-state index in [1.807, 2.05) is 0 Å². The topological polar surface area (TPSA) is 104 Å². The molecule has 0 aliphatic carbocycles. The van der Waals surface area contributed by atoms with Crippen LogP contribution in [-0.2, 0) is 16.1 Å². The van der Waals surface area contributed by atoms with Crippen LogP contribution in [0.25, 0.3) is 11.4 Å². The molecule has 8 nitrogen and oxygen atoms in total. The van der Waals surface area contributed by atoms with Crippen LogP contribution in [0.15, 0.2) is 47.0 Å². The summed E-state index contributed by atoms with van der Waals surface area (Å²) in [5, 5.41) is 5.98. The molecule has 1 heterocycles. The van der Waals surface area contributed by atoms with E-state index in [-0.39, 0.29) is 23.9 Å². The zero-order valence-corrected chi connectivity index (χ0v) is 15.1. The number of hydrogen-bond acceptors (Lipinski definition) is 7. The lowest BCUT2D eigenvalue weighted by atomic mass is 10.2. The molecule has 0 atom stereocenters. The highest BCUT2D eigenvalue weighted by Gasteiger charge is 2.15. The molecule has 150 valence electrons. The van der Waals surface area contributed by atoms with Crippen LogP contribution in [0, 0.1) is 11.6 Å². The van der Waals surface area contributed by atoms with Crippen molar-refractivity contribution in [1.29, 1.82) is 0 Å². The number of benzene rings is 2. The van der Waals surface area contributed by atoms with E-state index in [4.69, 9.17) is 14.0 Å². The highest BCUT2D eigenvalue weighted by atomic mass is 19.1. The second kappa shape index (κ2) is 8.91. The van der Waals surface area contributed by atoms with Gasteiger partial charge in [0.25, 0.3) is 11.8 Å². The van der Waals surface area contributed by atoms with Crippen molar-refractivity contribution in [3.8, 4) is 17.1 Å². The molecule has 0 saturated carbocycles. The van der Waals surface area contributed by atoms with Gasteiger partial charge >= 0.3 is 5.97 Å². The lowest BCUT2D eigenvalue weighted by Crippen LogP contribution is -2.31. The first-order valence-electron chi connectivity index (χ1n) is 8.32. The van der Waals surface area contributed by atoms with Gasteiger partial charge in [0, 0.05) is 11.6 Å². The molecule has 0 radical (unpaired) electrons. The van der Waals surface area contributed by atoms with Crippen molar-refractivity contribution in [2.24, 2.45) is 0 Å². The number of carbonyl (C=O) groups is 2. The number of carbonyl (C=O) groups excluding carboxylic acids is 2. The first-order valence-corrected chi connectivity index (χ1v) is 8.32.